The van der Waals surface area contributed by atoms with E-state index in [1.165, 1.54) is 0 Å². The monoisotopic (exact) mass is 392 g/mol. The molecule has 0 radical (unpaired) electrons. The highest BCUT2D eigenvalue weighted by Gasteiger charge is 2.34. The molecule has 9 heteroatoms. The van der Waals surface area contributed by atoms with Crippen molar-refractivity contribution in [3.05, 3.63) is 29.8 Å². The largest absolute Gasteiger partial charge is 0.497 e. The topological polar surface area (TPSA) is 120 Å². The zero-order chi connectivity index (χ0) is 20.5. The third-order valence-corrected chi connectivity index (χ3v) is 4.76. The molecule has 1 fully saturated rings. The fraction of sp³-hybridized carbons (Fsp3) is 0.526. The zero-order valence-electron chi connectivity index (χ0n) is 16.2. The number of urea groups is 1. The Morgan fingerprint density at radius 2 is 1.79 bits per heavy atom. The second-order valence-corrected chi connectivity index (χ2v) is 6.66. The number of nitrogens with zero attached hydrogens (tertiary/aromatic N) is 1. The van der Waals surface area contributed by atoms with Gasteiger partial charge < -0.3 is 25.8 Å². The molecule has 0 atom stereocenters. The Bertz CT molecular complexity index is 673. The lowest BCUT2D eigenvalue weighted by Crippen LogP contribution is -2.56. The molecule has 1 aromatic carbocycles. The van der Waals surface area contributed by atoms with Crippen LogP contribution >= 0.6 is 0 Å². The molecule has 0 bridgehead atoms. The molecule has 4 N–H and O–H groups in total. The molecule has 28 heavy (non-hydrogen) atoms. The third kappa shape index (κ3) is 6.41. The summed E-state index contributed by atoms with van der Waals surface area (Å²) in [7, 11) is 1.56. The molecule has 1 saturated carbocycles. The van der Waals surface area contributed by atoms with Gasteiger partial charge in [-0.1, -0.05) is 6.92 Å². The summed E-state index contributed by atoms with van der Waals surface area (Å²) in [5, 5.41) is 17.2. The zero-order valence-corrected chi connectivity index (χ0v) is 16.2. The molecule has 0 aliphatic heterocycles. The first-order valence-electron chi connectivity index (χ1n) is 9.35. The summed E-state index contributed by atoms with van der Waals surface area (Å²) in [5.74, 6) is -0.379. The first kappa shape index (κ1) is 21.5. The van der Waals surface area contributed by atoms with Crippen molar-refractivity contribution in [1.29, 1.82) is 0 Å². The van der Waals surface area contributed by atoms with Gasteiger partial charge in [-0.25, -0.2) is 4.79 Å². The molecule has 0 saturated heterocycles. The van der Waals surface area contributed by atoms with Gasteiger partial charge in [0.2, 0.25) is 0 Å². The number of aliphatic carboxylic acids is 1. The number of methoxy groups -OCH3 is 1. The van der Waals surface area contributed by atoms with E-state index < -0.39 is 5.97 Å². The maximum atomic E-state index is 12.0. The molecule has 0 unspecified atom stereocenters. The summed E-state index contributed by atoms with van der Waals surface area (Å²) in [6.07, 6.45) is 1.48. The Kier molecular flexibility index (Phi) is 8.06. The van der Waals surface area contributed by atoms with Crippen LogP contribution in [0.1, 0.15) is 30.1 Å². The highest BCUT2D eigenvalue weighted by molar-refractivity contribution is 5.94. The Balaban J connectivity index is 1.59. The van der Waals surface area contributed by atoms with Crippen LogP contribution in [0.3, 0.4) is 0 Å². The van der Waals surface area contributed by atoms with Crippen LogP contribution in [0.5, 0.6) is 5.75 Å². The number of amides is 3. The fourth-order valence-electron chi connectivity index (χ4n) is 3.11. The number of carbonyl (C=O) groups is 3. The van der Waals surface area contributed by atoms with E-state index in [1.807, 2.05) is 11.8 Å². The van der Waals surface area contributed by atoms with Crippen molar-refractivity contribution in [1.82, 2.24) is 20.9 Å². The van der Waals surface area contributed by atoms with E-state index in [0.29, 0.717) is 30.9 Å². The Morgan fingerprint density at radius 1 is 1.14 bits per heavy atom. The van der Waals surface area contributed by atoms with Crippen molar-refractivity contribution in [3.8, 4) is 5.75 Å². The van der Waals surface area contributed by atoms with E-state index in [9.17, 15) is 14.4 Å². The smallest absolute Gasteiger partial charge is 0.317 e. The second kappa shape index (κ2) is 10.5. The van der Waals surface area contributed by atoms with Crippen molar-refractivity contribution in [2.75, 3.05) is 33.3 Å². The van der Waals surface area contributed by atoms with Crippen molar-refractivity contribution in [2.24, 2.45) is 0 Å². The number of nitrogens with one attached hydrogen (secondary N) is 3. The number of carboxylic acids is 1. The van der Waals surface area contributed by atoms with E-state index in [4.69, 9.17) is 9.84 Å². The van der Waals surface area contributed by atoms with Crippen LogP contribution in [0.4, 0.5) is 4.79 Å². The summed E-state index contributed by atoms with van der Waals surface area (Å²) in [5.41, 5.74) is 0.521. The lowest BCUT2D eigenvalue weighted by molar-refractivity contribution is -0.139. The third-order valence-electron chi connectivity index (χ3n) is 4.76. The molecule has 1 aliphatic rings. The molecule has 0 spiro atoms. The lowest BCUT2D eigenvalue weighted by atomic mass is 9.85. The van der Waals surface area contributed by atoms with Gasteiger partial charge in [0.15, 0.2) is 0 Å². The predicted molar refractivity (Wildman–Crippen MR) is 104 cm³/mol. The van der Waals surface area contributed by atoms with E-state index in [-0.39, 0.29) is 30.6 Å². The first-order valence-corrected chi connectivity index (χ1v) is 9.35. The molecular weight excluding hydrogens is 364 g/mol. The maximum absolute atomic E-state index is 12.0. The normalized spacial score (nSPS) is 18.1. The molecule has 3 amide bonds. The van der Waals surface area contributed by atoms with Crippen LogP contribution in [0.25, 0.3) is 0 Å². The minimum atomic E-state index is -0.840. The Morgan fingerprint density at radius 3 is 2.36 bits per heavy atom. The van der Waals surface area contributed by atoms with Crippen molar-refractivity contribution in [3.63, 3.8) is 0 Å². The van der Waals surface area contributed by atoms with E-state index in [0.717, 1.165) is 12.8 Å². The number of likely N-dealkylation sites (N-methyl/N-ethyl adjacent to an activating group) is 1. The quantitative estimate of drug-likeness (QED) is 0.434. The highest BCUT2D eigenvalue weighted by Crippen LogP contribution is 2.25. The standard InChI is InChI=1S/C19H28N4O5/c1-3-23(12-17(24)25)15-10-14(11-15)22-19(27)21-9-8-20-18(26)13-4-6-16(28-2)7-5-13/h4-7,14-15H,3,8-12H2,1-2H3,(H,20,26)(H,24,25)(H2,21,22,27). The van der Waals surface area contributed by atoms with Crippen LogP contribution in [0.2, 0.25) is 0 Å². The minimum Gasteiger partial charge on any atom is -0.497 e. The van der Waals surface area contributed by atoms with Crippen LogP contribution in [-0.2, 0) is 4.79 Å². The molecule has 2 rings (SSSR count). The number of benzene rings is 1. The molecule has 154 valence electrons. The second-order valence-electron chi connectivity index (χ2n) is 6.66. The van der Waals surface area contributed by atoms with Gasteiger partial charge in [0.25, 0.3) is 5.91 Å². The summed E-state index contributed by atoms with van der Waals surface area (Å²) < 4.78 is 5.05. The van der Waals surface area contributed by atoms with Crippen LogP contribution in [0, 0.1) is 0 Å². The molecule has 0 heterocycles. The first-order chi connectivity index (χ1) is 13.4. The molecular formula is C19H28N4O5. The van der Waals surface area contributed by atoms with Crippen molar-refractivity contribution in [2.45, 2.75) is 31.8 Å². The number of ether oxygens (including phenoxy) is 1. The number of rotatable bonds is 10. The number of carbonyl (C=O) groups excluding carboxylic acids is 2. The van der Waals surface area contributed by atoms with E-state index in [2.05, 4.69) is 16.0 Å². The average molecular weight is 392 g/mol. The number of hydrogen-bond acceptors (Lipinski definition) is 5. The molecule has 1 aliphatic carbocycles. The maximum Gasteiger partial charge on any atom is 0.317 e. The van der Waals surface area contributed by atoms with E-state index >= 15 is 0 Å². The number of carboxylic acid groups (broad SMARTS) is 1. The van der Waals surface area contributed by atoms with Gasteiger partial charge in [-0.2, -0.15) is 0 Å². The van der Waals surface area contributed by atoms with Crippen molar-refractivity contribution >= 4 is 17.9 Å². The van der Waals surface area contributed by atoms with Gasteiger partial charge in [-0.3, -0.25) is 14.5 Å². The van der Waals surface area contributed by atoms with Crippen LogP contribution in [-0.4, -0.2) is 73.3 Å². The van der Waals surface area contributed by atoms with Gasteiger partial charge in [0.1, 0.15) is 5.75 Å². The van der Waals surface area contributed by atoms with Crippen LogP contribution < -0.4 is 20.7 Å². The lowest BCUT2D eigenvalue weighted by Gasteiger charge is -2.42. The van der Waals surface area contributed by atoms with Crippen LogP contribution in [0.15, 0.2) is 24.3 Å². The van der Waals surface area contributed by atoms with Gasteiger partial charge in [0.05, 0.1) is 13.7 Å². The average Bonchev–Trinajstić information content (AvgIpc) is 2.65. The molecule has 0 aromatic heterocycles. The summed E-state index contributed by atoms with van der Waals surface area (Å²) in [6, 6.07) is 6.71. The fourth-order valence-corrected chi connectivity index (χ4v) is 3.11. The van der Waals surface area contributed by atoms with Gasteiger partial charge in [-0.05, 0) is 43.7 Å². The summed E-state index contributed by atoms with van der Waals surface area (Å²) in [6.45, 7) is 3.24. The molecule has 1 aromatic rings. The summed E-state index contributed by atoms with van der Waals surface area (Å²) >= 11 is 0. The van der Waals surface area contributed by atoms with Gasteiger partial charge in [-0.15, -0.1) is 0 Å². The van der Waals surface area contributed by atoms with E-state index in [1.54, 1.807) is 31.4 Å². The minimum absolute atomic E-state index is 0.0218. The van der Waals surface area contributed by atoms with Gasteiger partial charge in [0, 0.05) is 30.7 Å². The SMILES string of the molecule is CCN(CC(=O)O)C1CC(NC(=O)NCCNC(=O)c2ccc(OC)cc2)C1. The van der Waals surface area contributed by atoms with Gasteiger partial charge >= 0.3 is 12.0 Å². The van der Waals surface area contributed by atoms with Crippen molar-refractivity contribution < 1.29 is 24.2 Å². The predicted octanol–water partition coefficient (Wildman–Crippen LogP) is 0.662. The Hall–Kier alpha value is -2.81. The Labute approximate surface area is 164 Å². The highest BCUT2D eigenvalue weighted by atomic mass is 16.5. The number of hydrogen-bond donors (Lipinski definition) is 4. The molecule has 9 nitrogen and oxygen atoms in total. The summed E-state index contributed by atoms with van der Waals surface area (Å²) in [4.78, 5) is 36.6.